The third kappa shape index (κ3) is 4.19. The summed E-state index contributed by atoms with van der Waals surface area (Å²) in [6, 6.07) is 8.51. The third-order valence-electron chi connectivity index (χ3n) is 5.89. The number of methoxy groups -OCH3 is 1. The molecule has 0 atom stereocenters. The molecule has 7 heteroatoms. The number of likely N-dealkylation sites (tertiary alicyclic amines) is 2. The molecule has 1 amide bonds. The second-order valence-electron chi connectivity index (χ2n) is 7.76. The SMILES string of the molecule is COc1ccccc1CN1CCC(n2cc(C(=O)N3CCCCC3)nn2)CC1. The molecule has 1 aromatic carbocycles. The second kappa shape index (κ2) is 8.73. The lowest BCUT2D eigenvalue weighted by Gasteiger charge is -2.32. The highest BCUT2D eigenvalue weighted by Gasteiger charge is 2.25. The number of hydrogen-bond donors (Lipinski definition) is 0. The smallest absolute Gasteiger partial charge is 0.276 e. The summed E-state index contributed by atoms with van der Waals surface area (Å²) in [5.74, 6) is 0.973. The van der Waals surface area contributed by atoms with Gasteiger partial charge in [-0.25, -0.2) is 4.68 Å². The van der Waals surface area contributed by atoms with Crippen LogP contribution >= 0.6 is 0 Å². The molecule has 0 radical (unpaired) electrons. The zero-order valence-electron chi connectivity index (χ0n) is 16.6. The Morgan fingerprint density at radius 2 is 1.86 bits per heavy atom. The first-order chi connectivity index (χ1) is 13.7. The summed E-state index contributed by atoms with van der Waals surface area (Å²) in [5, 5.41) is 8.44. The molecule has 150 valence electrons. The van der Waals surface area contributed by atoms with Gasteiger partial charge in [-0.05, 0) is 38.2 Å². The Balaban J connectivity index is 1.33. The van der Waals surface area contributed by atoms with Gasteiger partial charge in [-0.2, -0.15) is 0 Å². The van der Waals surface area contributed by atoms with Crippen molar-refractivity contribution in [1.82, 2.24) is 24.8 Å². The van der Waals surface area contributed by atoms with Gasteiger partial charge in [0.2, 0.25) is 0 Å². The van der Waals surface area contributed by atoms with E-state index in [4.69, 9.17) is 4.74 Å². The molecular weight excluding hydrogens is 354 g/mol. The van der Waals surface area contributed by atoms with E-state index >= 15 is 0 Å². The second-order valence-corrected chi connectivity index (χ2v) is 7.76. The predicted octanol–water partition coefficient (Wildman–Crippen LogP) is 2.75. The maximum absolute atomic E-state index is 12.6. The van der Waals surface area contributed by atoms with Crippen molar-refractivity contribution in [2.45, 2.75) is 44.7 Å². The van der Waals surface area contributed by atoms with Crippen LogP contribution in [0.25, 0.3) is 0 Å². The van der Waals surface area contributed by atoms with E-state index in [-0.39, 0.29) is 5.91 Å². The van der Waals surface area contributed by atoms with Crippen LogP contribution in [-0.4, -0.2) is 64.0 Å². The first kappa shape index (κ1) is 18.9. The van der Waals surface area contributed by atoms with Crippen molar-refractivity contribution in [3.63, 3.8) is 0 Å². The molecule has 0 saturated carbocycles. The number of amides is 1. The Kier molecular flexibility index (Phi) is 5.90. The maximum atomic E-state index is 12.6. The molecule has 2 aliphatic heterocycles. The molecule has 3 heterocycles. The summed E-state index contributed by atoms with van der Waals surface area (Å²) in [7, 11) is 1.72. The minimum atomic E-state index is 0.0274. The summed E-state index contributed by atoms with van der Waals surface area (Å²) < 4.78 is 7.37. The molecule has 4 rings (SSSR count). The fraction of sp³-hybridized carbons (Fsp3) is 0.571. The molecule has 0 N–H and O–H groups in total. The average molecular weight is 383 g/mol. The van der Waals surface area contributed by atoms with Crippen LogP contribution in [0.2, 0.25) is 0 Å². The van der Waals surface area contributed by atoms with Gasteiger partial charge < -0.3 is 9.64 Å². The zero-order valence-corrected chi connectivity index (χ0v) is 16.6. The van der Waals surface area contributed by atoms with Gasteiger partial charge in [0.05, 0.1) is 19.3 Å². The number of ether oxygens (including phenoxy) is 1. The fourth-order valence-corrected chi connectivity index (χ4v) is 4.23. The minimum absolute atomic E-state index is 0.0274. The number of benzene rings is 1. The molecule has 2 saturated heterocycles. The monoisotopic (exact) mass is 383 g/mol. The van der Waals surface area contributed by atoms with Crippen molar-refractivity contribution in [2.75, 3.05) is 33.3 Å². The van der Waals surface area contributed by atoms with Crippen LogP contribution in [-0.2, 0) is 6.54 Å². The van der Waals surface area contributed by atoms with E-state index in [9.17, 15) is 4.79 Å². The molecule has 1 aromatic heterocycles. The van der Waals surface area contributed by atoms with Gasteiger partial charge in [-0.1, -0.05) is 23.4 Å². The van der Waals surface area contributed by atoms with Crippen LogP contribution in [0, 0.1) is 0 Å². The van der Waals surface area contributed by atoms with E-state index in [1.165, 1.54) is 12.0 Å². The van der Waals surface area contributed by atoms with Crippen molar-refractivity contribution in [3.05, 3.63) is 41.7 Å². The average Bonchev–Trinajstić information content (AvgIpc) is 3.25. The fourth-order valence-electron chi connectivity index (χ4n) is 4.23. The molecular formula is C21H29N5O2. The molecule has 2 fully saturated rings. The van der Waals surface area contributed by atoms with E-state index in [1.54, 1.807) is 7.11 Å². The van der Waals surface area contributed by atoms with Gasteiger partial charge in [-0.15, -0.1) is 5.10 Å². The number of piperidine rings is 2. The highest BCUT2D eigenvalue weighted by atomic mass is 16.5. The van der Waals surface area contributed by atoms with Crippen molar-refractivity contribution in [2.24, 2.45) is 0 Å². The van der Waals surface area contributed by atoms with E-state index in [2.05, 4.69) is 27.3 Å². The number of rotatable bonds is 5. The Hall–Kier alpha value is -2.41. The van der Waals surface area contributed by atoms with Crippen molar-refractivity contribution in [1.29, 1.82) is 0 Å². The number of carbonyl (C=O) groups is 1. The van der Waals surface area contributed by atoms with Gasteiger partial charge in [0.15, 0.2) is 5.69 Å². The van der Waals surface area contributed by atoms with Crippen LogP contribution in [0.1, 0.15) is 54.2 Å². The summed E-state index contributed by atoms with van der Waals surface area (Å²) in [4.78, 5) is 17.0. The number of hydrogen-bond acceptors (Lipinski definition) is 5. The largest absolute Gasteiger partial charge is 0.496 e. The standard InChI is InChI=1S/C21H29N5O2/c1-28-20-8-4-3-7-17(20)15-24-13-9-18(10-14-24)26-16-19(22-23-26)21(27)25-11-5-2-6-12-25/h3-4,7-8,16,18H,2,5-6,9-15H2,1H3. The molecule has 0 unspecified atom stereocenters. The molecule has 28 heavy (non-hydrogen) atoms. The van der Waals surface area contributed by atoms with Crippen LogP contribution in [0.5, 0.6) is 5.75 Å². The van der Waals surface area contributed by atoms with E-state index in [1.807, 2.05) is 27.9 Å². The van der Waals surface area contributed by atoms with Crippen LogP contribution in [0.4, 0.5) is 0 Å². The van der Waals surface area contributed by atoms with Gasteiger partial charge in [0.1, 0.15) is 5.75 Å². The Labute approximate surface area is 166 Å². The third-order valence-corrected chi connectivity index (χ3v) is 5.89. The van der Waals surface area contributed by atoms with Crippen LogP contribution in [0.3, 0.4) is 0 Å². The molecule has 0 spiro atoms. The molecule has 7 nitrogen and oxygen atoms in total. The van der Waals surface area contributed by atoms with Gasteiger partial charge in [0, 0.05) is 38.3 Å². The normalized spacial score (nSPS) is 19.0. The first-order valence-electron chi connectivity index (χ1n) is 10.3. The maximum Gasteiger partial charge on any atom is 0.276 e. The Bertz CT molecular complexity index is 792. The summed E-state index contributed by atoms with van der Waals surface area (Å²) in [6.07, 6.45) is 7.25. The van der Waals surface area contributed by atoms with Crippen LogP contribution in [0.15, 0.2) is 30.5 Å². The quantitative estimate of drug-likeness (QED) is 0.794. The number of carbonyl (C=O) groups excluding carboxylic acids is 1. The van der Waals surface area contributed by atoms with Gasteiger partial charge >= 0.3 is 0 Å². The highest BCUT2D eigenvalue weighted by molar-refractivity contribution is 5.91. The summed E-state index contributed by atoms with van der Waals surface area (Å²) in [5.41, 5.74) is 1.71. The van der Waals surface area contributed by atoms with Gasteiger partial charge in [0.25, 0.3) is 5.91 Å². The highest BCUT2D eigenvalue weighted by Crippen LogP contribution is 2.25. The Morgan fingerprint density at radius 1 is 1.11 bits per heavy atom. The number of nitrogens with zero attached hydrogens (tertiary/aromatic N) is 5. The minimum Gasteiger partial charge on any atom is -0.496 e. The lowest BCUT2D eigenvalue weighted by Crippen LogP contribution is -2.36. The molecule has 0 aliphatic carbocycles. The summed E-state index contributed by atoms with van der Waals surface area (Å²) in [6.45, 7) is 4.57. The first-order valence-corrected chi connectivity index (χ1v) is 10.3. The molecule has 2 aliphatic rings. The number of para-hydroxylation sites is 1. The van der Waals surface area contributed by atoms with Gasteiger partial charge in [-0.3, -0.25) is 9.69 Å². The Morgan fingerprint density at radius 3 is 2.61 bits per heavy atom. The molecule has 2 aromatic rings. The van der Waals surface area contributed by atoms with E-state index < -0.39 is 0 Å². The lowest BCUT2D eigenvalue weighted by atomic mass is 10.0. The summed E-state index contributed by atoms with van der Waals surface area (Å²) >= 11 is 0. The molecule has 0 bridgehead atoms. The lowest BCUT2D eigenvalue weighted by molar-refractivity contribution is 0.0718. The van der Waals surface area contributed by atoms with E-state index in [0.717, 1.165) is 64.2 Å². The van der Waals surface area contributed by atoms with Crippen molar-refractivity contribution >= 4 is 5.91 Å². The van der Waals surface area contributed by atoms with E-state index in [0.29, 0.717) is 11.7 Å². The predicted molar refractivity (Wildman–Crippen MR) is 106 cm³/mol. The number of aromatic nitrogens is 3. The van der Waals surface area contributed by atoms with Crippen molar-refractivity contribution < 1.29 is 9.53 Å². The van der Waals surface area contributed by atoms with Crippen molar-refractivity contribution in [3.8, 4) is 5.75 Å². The zero-order chi connectivity index (χ0) is 19.3. The van der Waals surface area contributed by atoms with Crippen LogP contribution < -0.4 is 4.74 Å². The topological polar surface area (TPSA) is 63.5 Å².